The number of rotatable bonds is 6. The molecule has 3 rings (SSSR count). The molecule has 0 unspecified atom stereocenters. The van der Waals surface area contributed by atoms with Gasteiger partial charge >= 0.3 is 0 Å². The van der Waals surface area contributed by atoms with E-state index in [0.717, 1.165) is 37.3 Å². The molecule has 0 radical (unpaired) electrons. The fraction of sp³-hybridized carbons (Fsp3) is 0.647. The number of aryl methyl sites for hydroxylation is 1. The van der Waals surface area contributed by atoms with Crippen molar-refractivity contribution in [3.05, 3.63) is 29.8 Å². The van der Waals surface area contributed by atoms with E-state index >= 15 is 0 Å². The van der Waals surface area contributed by atoms with Crippen molar-refractivity contribution in [1.29, 1.82) is 0 Å². The molecule has 1 aliphatic carbocycles. The first kappa shape index (κ1) is 18.7. The highest BCUT2D eigenvalue weighted by Gasteiger charge is 2.30. The van der Waals surface area contributed by atoms with E-state index in [-0.39, 0.29) is 12.4 Å². The van der Waals surface area contributed by atoms with Crippen LogP contribution in [0.2, 0.25) is 0 Å². The van der Waals surface area contributed by atoms with Gasteiger partial charge in [0, 0.05) is 19.1 Å². The normalized spacial score (nSPS) is 20.2. The van der Waals surface area contributed by atoms with Crippen molar-refractivity contribution < 1.29 is 8.42 Å². The average molecular weight is 359 g/mol. The molecule has 1 aliphatic heterocycles. The van der Waals surface area contributed by atoms with Gasteiger partial charge in [-0.2, -0.15) is 4.31 Å². The van der Waals surface area contributed by atoms with Crippen LogP contribution in [0.4, 0.5) is 0 Å². The van der Waals surface area contributed by atoms with Crippen molar-refractivity contribution >= 4 is 22.4 Å². The molecule has 0 amide bonds. The lowest BCUT2D eigenvalue weighted by Gasteiger charge is -2.31. The Bertz CT molecular complexity index is 609. The molecule has 4 nitrogen and oxygen atoms in total. The summed E-state index contributed by atoms with van der Waals surface area (Å²) in [6.45, 7) is 4.40. The van der Waals surface area contributed by atoms with Gasteiger partial charge in [0.1, 0.15) is 0 Å². The highest BCUT2D eigenvalue weighted by Crippen LogP contribution is 2.28. The van der Waals surface area contributed by atoms with Crippen LogP contribution in [-0.2, 0) is 16.4 Å². The first-order chi connectivity index (χ1) is 10.6. The lowest BCUT2D eigenvalue weighted by molar-refractivity contribution is 0.288. The molecule has 0 bridgehead atoms. The number of hydrogen-bond acceptors (Lipinski definition) is 3. The topological polar surface area (TPSA) is 49.4 Å². The van der Waals surface area contributed by atoms with Gasteiger partial charge in [-0.05, 0) is 62.3 Å². The molecular weight excluding hydrogens is 332 g/mol. The van der Waals surface area contributed by atoms with E-state index in [0.29, 0.717) is 24.0 Å². The number of halogens is 1. The third-order valence-electron chi connectivity index (χ3n) is 4.79. The van der Waals surface area contributed by atoms with Crippen LogP contribution in [0, 0.1) is 5.92 Å². The van der Waals surface area contributed by atoms with E-state index in [9.17, 15) is 8.42 Å². The predicted molar refractivity (Wildman–Crippen MR) is 95.6 cm³/mol. The molecule has 23 heavy (non-hydrogen) atoms. The zero-order valence-electron chi connectivity index (χ0n) is 13.7. The minimum absolute atomic E-state index is 0. The highest BCUT2D eigenvalue weighted by atomic mass is 35.5. The van der Waals surface area contributed by atoms with Gasteiger partial charge in [-0.3, -0.25) is 0 Å². The average Bonchev–Trinajstić information content (AvgIpc) is 3.38. The minimum atomic E-state index is -3.33. The molecule has 6 heteroatoms. The lowest BCUT2D eigenvalue weighted by Crippen LogP contribution is -2.45. The summed E-state index contributed by atoms with van der Waals surface area (Å²) in [5.41, 5.74) is 1.07. The van der Waals surface area contributed by atoms with E-state index in [1.165, 1.54) is 12.8 Å². The summed E-state index contributed by atoms with van der Waals surface area (Å²) in [5, 5.41) is 3.59. The van der Waals surface area contributed by atoms with E-state index in [4.69, 9.17) is 0 Å². The van der Waals surface area contributed by atoms with Crippen LogP contribution in [0.25, 0.3) is 0 Å². The van der Waals surface area contributed by atoms with Gasteiger partial charge in [0.05, 0.1) is 4.90 Å². The molecular formula is C17H27ClN2O2S. The third-order valence-corrected chi connectivity index (χ3v) is 6.69. The Morgan fingerprint density at radius 2 is 1.87 bits per heavy atom. The van der Waals surface area contributed by atoms with Crippen molar-refractivity contribution in [1.82, 2.24) is 9.62 Å². The summed E-state index contributed by atoms with van der Waals surface area (Å²) in [6.07, 6.45) is 5.40. The summed E-state index contributed by atoms with van der Waals surface area (Å²) >= 11 is 0. The van der Waals surface area contributed by atoms with Gasteiger partial charge in [-0.1, -0.05) is 19.1 Å². The van der Waals surface area contributed by atoms with Gasteiger partial charge in [-0.25, -0.2) is 8.42 Å². The van der Waals surface area contributed by atoms with Crippen LogP contribution < -0.4 is 5.32 Å². The molecule has 0 spiro atoms. The van der Waals surface area contributed by atoms with Gasteiger partial charge in [0.25, 0.3) is 0 Å². The Kier molecular flexibility index (Phi) is 6.48. The quantitative estimate of drug-likeness (QED) is 0.850. The number of nitrogens with zero attached hydrogens (tertiary/aromatic N) is 1. The van der Waals surface area contributed by atoms with Crippen LogP contribution in [0.5, 0.6) is 0 Å². The fourth-order valence-corrected chi connectivity index (χ4v) is 4.57. The fourth-order valence-electron chi connectivity index (χ4n) is 3.03. The smallest absolute Gasteiger partial charge is 0.243 e. The number of benzene rings is 1. The van der Waals surface area contributed by atoms with Crippen LogP contribution in [-0.4, -0.2) is 38.4 Å². The SMILES string of the molecule is CCc1cccc(S(=O)(=O)N2CCC(NCC3CC3)CC2)c1.Cl. The van der Waals surface area contributed by atoms with Gasteiger partial charge in [0.15, 0.2) is 0 Å². The largest absolute Gasteiger partial charge is 0.314 e. The molecule has 2 fully saturated rings. The van der Waals surface area contributed by atoms with Gasteiger partial charge < -0.3 is 5.32 Å². The van der Waals surface area contributed by atoms with E-state index in [1.54, 1.807) is 10.4 Å². The Labute approximate surface area is 146 Å². The second-order valence-electron chi connectivity index (χ2n) is 6.53. The molecule has 1 heterocycles. The van der Waals surface area contributed by atoms with Crippen molar-refractivity contribution in [3.63, 3.8) is 0 Å². The standard InChI is InChI=1S/C17H26N2O2S.ClH/c1-2-14-4-3-5-17(12-14)22(20,21)19-10-8-16(9-11-19)18-13-15-6-7-15;/h3-5,12,15-16,18H,2,6-11,13H2,1H3;1H. The van der Waals surface area contributed by atoms with Gasteiger partial charge in [0.2, 0.25) is 10.0 Å². The number of sulfonamides is 1. The second kappa shape index (κ2) is 7.97. The van der Waals surface area contributed by atoms with Crippen LogP contribution in [0.3, 0.4) is 0 Å². The zero-order valence-corrected chi connectivity index (χ0v) is 15.3. The summed E-state index contributed by atoms with van der Waals surface area (Å²) < 4.78 is 27.1. The van der Waals surface area contributed by atoms with Crippen molar-refractivity contribution in [2.75, 3.05) is 19.6 Å². The molecule has 1 aromatic carbocycles. The van der Waals surface area contributed by atoms with Crippen LogP contribution in [0.1, 0.15) is 38.2 Å². The molecule has 0 atom stereocenters. The van der Waals surface area contributed by atoms with Crippen LogP contribution >= 0.6 is 12.4 Å². The Balaban J connectivity index is 0.00000192. The first-order valence-electron chi connectivity index (χ1n) is 8.42. The van der Waals surface area contributed by atoms with Crippen molar-refractivity contribution in [3.8, 4) is 0 Å². The maximum atomic E-state index is 12.7. The maximum Gasteiger partial charge on any atom is 0.243 e. The number of nitrogens with one attached hydrogen (secondary N) is 1. The zero-order chi connectivity index (χ0) is 15.6. The summed E-state index contributed by atoms with van der Waals surface area (Å²) in [4.78, 5) is 0.441. The maximum absolute atomic E-state index is 12.7. The third kappa shape index (κ3) is 4.69. The lowest BCUT2D eigenvalue weighted by atomic mass is 10.1. The van der Waals surface area contributed by atoms with Crippen LogP contribution in [0.15, 0.2) is 29.2 Å². The first-order valence-corrected chi connectivity index (χ1v) is 9.86. The molecule has 1 N–H and O–H groups in total. The predicted octanol–water partition coefficient (Wildman–Crippen LogP) is 2.82. The molecule has 2 aliphatic rings. The highest BCUT2D eigenvalue weighted by molar-refractivity contribution is 7.89. The molecule has 130 valence electrons. The molecule has 1 saturated carbocycles. The van der Waals surface area contributed by atoms with Crippen molar-refractivity contribution in [2.24, 2.45) is 5.92 Å². The molecule has 1 aromatic rings. The Morgan fingerprint density at radius 1 is 1.17 bits per heavy atom. The van der Waals surface area contributed by atoms with Crippen molar-refractivity contribution in [2.45, 2.75) is 50.0 Å². The monoisotopic (exact) mass is 358 g/mol. The number of piperidine rings is 1. The summed E-state index contributed by atoms with van der Waals surface area (Å²) in [7, 11) is -3.33. The Morgan fingerprint density at radius 3 is 2.48 bits per heavy atom. The Hall–Kier alpha value is -0.620. The summed E-state index contributed by atoms with van der Waals surface area (Å²) in [6, 6.07) is 7.83. The molecule has 1 saturated heterocycles. The number of hydrogen-bond donors (Lipinski definition) is 1. The van der Waals surface area contributed by atoms with E-state index in [1.807, 2.05) is 25.1 Å². The van der Waals surface area contributed by atoms with Gasteiger partial charge in [-0.15, -0.1) is 12.4 Å². The van der Waals surface area contributed by atoms with E-state index in [2.05, 4.69) is 5.32 Å². The molecule has 0 aromatic heterocycles. The second-order valence-corrected chi connectivity index (χ2v) is 8.47. The minimum Gasteiger partial charge on any atom is -0.314 e. The van der Waals surface area contributed by atoms with E-state index < -0.39 is 10.0 Å². The summed E-state index contributed by atoms with van der Waals surface area (Å²) in [5.74, 6) is 0.874.